The van der Waals surface area contributed by atoms with Gasteiger partial charge < -0.3 is 14.5 Å². The summed E-state index contributed by atoms with van der Waals surface area (Å²) in [6.07, 6.45) is 5.67. The quantitative estimate of drug-likeness (QED) is 0.285. The minimum Gasteiger partial charge on any atom is -0.452 e. The normalized spacial score (nSPS) is 21.6. The van der Waals surface area contributed by atoms with Crippen LogP contribution in [0.5, 0.6) is 0 Å². The van der Waals surface area contributed by atoms with Crippen molar-refractivity contribution in [2.24, 2.45) is 0 Å². The third-order valence-corrected chi connectivity index (χ3v) is 10.7. The van der Waals surface area contributed by atoms with Crippen LogP contribution in [0.25, 0.3) is 0 Å². The molecule has 3 aliphatic rings. The summed E-state index contributed by atoms with van der Waals surface area (Å²) in [5.74, 6) is 0.0870. The van der Waals surface area contributed by atoms with Crippen LogP contribution >= 0.6 is 23.2 Å². The Morgan fingerprint density at radius 1 is 0.860 bits per heavy atom. The van der Waals surface area contributed by atoms with Crippen molar-refractivity contribution < 1.29 is 14.3 Å². The molecule has 3 aliphatic heterocycles. The highest BCUT2D eigenvalue weighted by molar-refractivity contribution is 6.42. The van der Waals surface area contributed by atoms with Crippen LogP contribution in [-0.2, 0) is 15.6 Å². The second-order valence-electron chi connectivity index (χ2n) is 12.4. The molecular weight excluding hydrogens is 581 g/mol. The minimum atomic E-state index is -0.286. The summed E-state index contributed by atoms with van der Waals surface area (Å²) in [5, 5.41) is 1.11. The molecule has 3 aromatic rings. The summed E-state index contributed by atoms with van der Waals surface area (Å²) < 4.78 is 5.10. The second-order valence-corrected chi connectivity index (χ2v) is 13.2. The summed E-state index contributed by atoms with van der Waals surface area (Å²) in [6, 6.07) is 23.9. The highest BCUT2D eigenvalue weighted by Crippen LogP contribution is 2.47. The lowest BCUT2D eigenvalue weighted by atomic mass is 9.70. The molecule has 6 rings (SSSR count). The molecule has 1 unspecified atom stereocenters. The van der Waals surface area contributed by atoms with Gasteiger partial charge >= 0.3 is 6.09 Å². The van der Waals surface area contributed by atoms with Crippen LogP contribution in [-0.4, -0.2) is 68.2 Å². The molecule has 2 amide bonds. The Bertz CT molecular complexity index is 1470. The third kappa shape index (κ3) is 5.90. The zero-order valence-corrected chi connectivity index (χ0v) is 26.2. The second kappa shape index (κ2) is 12.5. The van der Waals surface area contributed by atoms with Crippen LogP contribution in [0.1, 0.15) is 60.0 Å². The summed E-state index contributed by atoms with van der Waals surface area (Å²) in [6.45, 7) is 5.08. The zero-order valence-electron chi connectivity index (χ0n) is 24.7. The van der Waals surface area contributed by atoms with Gasteiger partial charge in [-0.2, -0.15) is 0 Å². The number of benzene rings is 3. The maximum Gasteiger partial charge on any atom is 0.414 e. The largest absolute Gasteiger partial charge is 0.452 e. The number of anilines is 1. The molecule has 1 atom stereocenters. The Balaban J connectivity index is 1.14. The van der Waals surface area contributed by atoms with E-state index in [1.54, 1.807) is 4.90 Å². The number of hydrogen-bond acceptors (Lipinski definition) is 4. The fourth-order valence-electron chi connectivity index (χ4n) is 7.66. The van der Waals surface area contributed by atoms with Crippen LogP contribution in [0, 0.1) is 0 Å². The number of nitrogens with zero attached hydrogens (tertiary/aromatic N) is 3. The van der Waals surface area contributed by atoms with E-state index in [9.17, 15) is 9.59 Å². The molecular formula is C35H39Cl2N3O3. The number of hydrogen-bond donors (Lipinski definition) is 0. The van der Waals surface area contributed by atoms with Crippen LogP contribution in [0.2, 0.25) is 10.0 Å². The highest BCUT2D eigenvalue weighted by atomic mass is 35.5. The Kier molecular flexibility index (Phi) is 8.72. The third-order valence-electron chi connectivity index (χ3n) is 9.98. The lowest BCUT2D eigenvalue weighted by Crippen LogP contribution is -2.49. The van der Waals surface area contributed by atoms with E-state index in [0.29, 0.717) is 23.1 Å². The number of para-hydroxylation sites is 1. The summed E-state index contributed by atoms with van der Waals surface area (Å²) in [4.78, 5) is 32.4. The van der Waals surface area contributed by atoms with Gasteiger partial charge in [-0.25, -0.2) is 4.79 Å². The SMILES string of the molecule is COC(=O)N1CC2(CCN(CCCC3(c4ccc(Cl)c(Cl)c4)CCCN(C(=O)c4ccccc4)C3)CC2)c2ccccc21. The van der Waals surface area contributed by atoms with Crippen LogP contribution in [0.3, 0.4) is 0 Å². The number of halogens is 2. The summed E-state index contributed by atoms with van der Waals surface area (Å²) in [7, 11) is 1.45. The first-order valence-electron chi connectivity index (χ1n) is 15.3. The minimum absolute atomic E-state index is 0.0236. The van der Waals surface area contributed by atoms with Crippen molar-refractivity contribution in [3.05, 3.63) is 99.5 Å². The van der Waals surface area contributed by atoms with E-state index in [0.717, 1.165) is 81.5 Å². The Morgan fingerprint density at radius 3 is 2.35 bits per heavy atom. The predicted molar refractivity (Wildman–Crippen MR) is 172 cm³/mol. The van der Waals surface area contributed by atoms with Gasteiger partial charge in [0.05, 0.1) is 22.8 Å². The molecule has 0 N–H and O–H groups in total. The van der Waals surface area contributed by atoms with Gasteiger partial charge in [-0.3, -0.25) is 9.69 Å². The van der Waals surface area contributed by atoms with Crippen LogP contribution in [0.15, 0.2) is 72.8 Å². The van der Waals surface area contributed by atoms with E-state index < -0.39 is 0 Å². The van der Waals surface area contributed by atoms with E-state index in [1.165, 1.54) is 12.7 Å². The lowest BCUT2D eigenvalue weighted by molar-refractivity contribution is 0.0617. The maximum atomic E-state index is 13.5. The fraction of sp³-hybridized carbons (Fsp3) is 0.429. The molecule has 6 nitrogen and oxygen atoms in total. The first-order chi connectivity index (χ1) is 20.8. The molecule has 8 heteroatoms. The van der Waals surface area contributed by atoms with E-state index >= 15 is 0 Å². The highest BCUT2D eigenvalue weighted by Gasteiger charge is 2.46. The van der Waals surface area contributed by atoms with Gasteiger partial charge in [-0.15, -0.1) is 0 Å². The van der Waals surface area contributed by atoms with Gasteiger partial charge in [-0.1, -0.05) is 65.7 Å². The zero-order chi connectivity index (χ0) is 30.0. The monoisotopic (exact) mass is 619 g/mol. The van der Waals surface area contributed by atoms with Crippen molar-refractivity contribution in [1.29, 1.82) is 0 Å². The molecule has 3 heterocycles. The average molecular weight is 621 g/mol. The molecule has 0 aliphatic carbocycles. The number of carbonyl (C=O) groups is 2. The van der Waals surface area contributed by atoms with Gasteiger partial charge in [0.25, 0.3) is 5.91 Å². The van der Waals surface area contributed by atoms with Gasteiger partial charge in [0.2, 0.25) is 0 Å². The summed E-state index contributed by atoms with van der Waals surface area (Å²) >= 11 is 12.8. The van der Waals surface area contributed by atoms with Crippen molar-refractivity contribution in [3.63, 3.8) is 0 Å². The first-order valence-corrected chi connectivity index (χ1v) is 16.1. The molecule has 2 saturated heterocycles. The van der Waals surface area contributed by atoms with Crippen molar-refractivity contribution in [2.75, 3.05) is 51.3 Å². The fourth-order valence-corrected chi connectivity index (χ4v) is 7.95. The van der Waals surface area contributed by atoms with Crippen molar-refractivity contribution in [2.45, 2.75) is 49.4 Å². The van der Waals surface area contributed by atoms with Crippen molar-refractivity contribution in [1.82, 2.24) is 9.80 Å². The van der Waals surface area contributed by atoms with E-state index in [4.69, 9.17) is 27.9 Å². The van der Waals surface area contributed by atoms with Gasteiger partial charge in [-0.05, 0) is 99.6 Å². The van der Waals surface area contributed by atoms with Crippen molar-refractivity contribution >= 4 is 40.9 Å². The number of methoxy groups -OCH3 is 1. The molecule has 0 saturated carbocycles. The summed E-state index contributed by atoms with van der Waals surface area (Å²) in [5.41, 5.74) is 3.94. The number of likely N-dealkylation sites (tertiary alicyclic amines) is 2. The first kappa shape index (κ1) is 30.0. The smallest absolute Gasteiger partial charge is 0.414 e. The molecule has 2 fully saturated rings. The Labute approximate surface area is 264 Å². The topological polar surface area (TPSA) is 53.1 Å². The predicted octanol–water partition coefficient (Wildman–Crippen LogP) is 7.57. The van der Waals surface area contributed by atoms with Crippen LogP contribution in [0.4, 0.5) is 10.5 Å². The maximum absolute atomic E-state index is 13.5. The number of rotatable bonds is 6. The number of piperidine rings is 2. The number of carbonyl (C=O) groups excluding carboxylic acids is 2. The molecule has 3 aromatic carbocycles. The van der Waals surface area contributed by atoms with Gasteiger partial charge in [0.15, 0.2) is 0 Å². The Morgan fingerprint density at radius 2 is 1.60 bits per heavy atom. The number of fused-ring (bicyclic) bond motifs is 2. The van der Waals surface area contributed by atoms with Gasteiger partial charge in [0.1, 0.15) is 0 Å². The molecule has 0 aromatic heterocycles. The number of ether oxygens (including phenoxy) is 1. The van der Waals surface area contributed by atoms with E-state index in [1.807, 2.05) is 59.5 Å². The number of amides is 2. The average Bonchev–Trinajstić information content (AvgIpc) is 3.37. The molecule has 0 bridgehead atoms. The standard InChI is InChI=1S/C35H39Cl2N3O3/c1-43-33(42)40-25-35(28-11-5-6-12-31(28)40)17-21-38(22-18-35)19-7-15-34(27-13-14-29(36)30(37)23-27)16-8-20-39(24-34)32(41)26-9-3-2-4-10-26/h2-6,9-14,23H,7-8,15-22,24-25H2,1H3. The van der Waals surface area contributed by atoms with Crippen LogP contribution < -0.4 is 4.90 Å². The van der Waals surface area contributed by atoms with E-state index in [2.05, 4.69) is 23.1 Å². The van der Waals surface area contributed by atoms with E-state index in [-0.39, 0.29) is 22.8 Å². The molecule has 226 valence electrons. The lowest BCUT2D eigenvalue weighted by Gasteiger charge is -2.44. The Hall–Kier alpha value is -3.06. The van der Waals surface area contributed by atoms with Gasteiger partial charge in [0, 0.05) is 36.0 Å². The molecule has 43 heavy (non-hydrogen) atoms. The van der Waals surface area contributed by atoms with Crippen molar-refractivity contribution in [3.8, 4) is 0 Å². The molecule has 0 radical (unpaired) electrons. The molecule has 1 spiro atoms.